The van der Waals surface area contributed by atoms with Crippen LogP contribution in [0.3, 0.4) is 0 Å². The number of nitrogens with two attached hydrogens (primary N) is 1. The van der Waals surface area contributed by atoms with Gasteiger partial charge < -0.3 is 16.0 Å². The molecule has 1 aliphatic heterocycles. The minimum absolute atomic E-state index is 0. The molecule has 5 nitrogen and oxygen atoms in total. The van der Waals surface area contributed by atoms with E-state index in [0.717, 1.165) is 32.7 Å². The number of nitrogens with zero attached hydrogens (tertiary/aromatic N) is 2. The molecule has 0 saturated carbocycles. The summed E-state index contributed by atoms with van der Waals surface area (Å²) in [6, 6.07) is 10.6. The lowest BCUT2D eigenvalue weighted by atomic mass is 10.1. The standard InChI is InChI=1S/C17H28N4O.3ClH/c1-14(19-16(22)17(2,3)18)13-20-9-11-21(12-10-20)15-7-5-4-6-8-15;;;/h4-8,14H,9-13,18H2,1-3H3,(H,19,22);3*1H. The van der Waals surface area contributed by atoms with Gasteiger partial charge >= 0.3 is 0 Å². The molecule has 2 rings (SSSR count). The first-order chi connectivity index (χ1) is 10.4. The molecule has 1 aromatic carbocycles. The lowest BCUT2D eigenvalue weighted by Gasteiger charge is -2.37. The van der Waals surface area contributed by atoms with Crippen LogP contribution in [0.25, 0.3) is 0 Å². The number of halogens is 3. The number of carbonyl (C=O) groups is 1. The van der Waals surface area contributed by atoms with Gasteiger partial charge in [-0.1, -0.05) is 18.2 Å². The Balaban J connectivity index is 0. The van der Waals surface area contributed by atoms with Gasteiger partial charge in [-0.2, -0.15) is 0 Å². The lowest BCUT2D eigenvalue weighted by molar-refractivity contribution is -0.125. The van der Waals surface area contributed by atoms with E-state index in [1.807, 2.05) is 13.0 Å². The second kappa shape index (κ2) is 11.8. The van der Waals surface area contributed by atoms with Crippen LogP contribution in [-0.4, -0.2) is 55.1 Å². The molecule has 1 aliphatic rings. The first-order valence-electron chi connectivity index (χ1n) is 7.98. The third-order valence-corrected chi connectivity index (χ3v) is 3.99. The highest BCUT2D eigenvalue weighted by Gasteiger charge is 2.24. The van der Waals surface area contributed by atoms with Crippen LogP contribution in [0.15, 0.2) is 30.3 Å². The number of benzene rings is 1. The molecule has 0 aromatic heterocycles. The zero-order valence-corrected chi connectivity index (χ0v) is 17.6. The van der Waals surface area contributed by atoms with Crippen LogP contribution in [0, 0.1) is 0 Å². The van der Waals surface area contributed by atoms with Crippen molar-refractivity contribution in [3.05, 3.63) is 30.3 Å². The van der Waals surface area contributed by atoms with E-state index >= 15 is 0 Å². The minimum atomic E-state index is -0.819. The topological polar surface area (TPSA) is 61.6 Å². The van der Waals surface area contributed by atoms with E-state index in [4.69, 9.17) is 5.73 Å². The number of para-hydroxylation sites is 1. The van der Waals surface area contributed by atoms with Gasteiger partial charge in [0.2, 0.25) is 5.91 Å². The molecule has 1 unspecified atom stereocenters. The summed E-state index contributed by atoms with van der Waals surface area (Å²) in [6.45, 7) is 10.4. The Morgan fingerprint density at radius 3 is 2.12 bits per heavy atom. The largest absolute Gasteiger partial charge is 0.369 e. The molecule has 3 N–H and O–H groups in total. The zero-order valence-electron chi connectivity index (χ0n) is 15.1. The molecule has 1 fully saturated rings. The van der Waals surface area contributed by atoms with Crippen molar-refractivity contribution in [1.82, 2.24) is 10.2 Å². The van der Waals surface area contributed by atoms with Crippen molar-refractivity contribution in [2.45, 2.75) is 32.4 Å². The number of nitrogens with one attached hydrogen (secondary N) is 1. The number of anilines is 1. The molecule has 0 radical (unpaired) electrons. The van der Waals surface area contributed by atoms with Gasteiger partial charge in [-0.05, 0) is 32.9 Å². The summed E-state index contributed by atoms with van der Waals surface area (Å²) in [6.07, 6.45) is 0. The maximum Gasteiger partial charge on any atom is 0.239 e. The molecular weight excluding hydrogens is 383 g/mol. The van der Waals surface area contributed by atoms with Gasteiger partial charge in [0.05, 0.1) is 5.54 Å². The predicted molar refractivity (Wildman–Crippen MR) is 113 cm³/mol. The van der Waals surface area contributed by atoms with Crippen LogP contribution >= 0.6 is 37.2 Å². The van der Waals surface area contributed by atoms with Crippen molar-refractivity contribution in [2.24, 2.45) is 5.73 Å². The van der Waals surface area contributed by atoms with Crippen LogP contribution in [0.5, 0.6) is 0 Å². The Morgan fingerprint density at radius 2 is 1.64 bits per heavy atom. The number of hydrogen-bond acceptors (Lipinski definition) is 4. The SMILES string of the molecule is CC(CN1CCN(c2ccccc2)CC1)NC(=O)C(C)(C)N.Cl.Cl.Cl. The lowest BCUT2D eigenvalue weighted by Crippen LogP contribution is -2.55. The summed E-state index contributed by atoms with van der Waals surface area (Å²) < 4.78 is 0. The first-order valence-corrected chi connectivity index (χ1v) is 7.98. The molecule has 25 heavy (non-hydrogen) atoms. The number of piperazine rings is 1. The average molecular weight is 414 g/mol. The zero-order chi connectivity index (χ0) is 16.2. The van der Waals surface area contributed by atoms with Gasteiger partial charge in [-0.15, -0.1) is 37.2 Å². The molecule has 1 amide bonds. The molecular formula is C17H31Cl3N4O. The molecule has 1 saturated heterocycles. The second-order valence-corrected chi connectivity index (χ2v) is 6.72. The molecule has 1 atom stereocenters. The number of rotatable bonds is 5. The fourth-order valence-corrected chi connectivity index (χ4v) is 2.67. The van der Waals surface area contributed by atoms with Crippen molar-refractivity contribution < 1.29 is 4.79 Å². The highest BCUT2D eigenvalue weighted by atomic mass is 35.5. The van der Waals surface area contributed by atoms with E-state index in [1.54, 1.807) is 13.8 Å². The summed E-state index contributed by atoms with van der Waals surface area (Å²) in [5.74, 6) is -0.0945. The van der Waals surface area contributed by atoms with Gasteiger partial charge in [-0.3, -0.25) is 9.69 Å². The highest BCUT2D eigenvalue weighted by molar-refractivity contribution is 5.86. The second-order valence-electron chi connectivity index (χ2n) is 6.72. The fraction of sp³-hybridized carbons (Fsp3) is 0.588. The number of hydrogen-bond donors (Lipinski definition) is 2. The van der Waals surface area contributed by atoms with Crippen LogP contribution in [0.2, 0.25) is 0 Å². The van der Waals surface area contributed by atoms with Crippen molar-refractivity contribution >= 4 is 48.8 Å². The van der Waals surface area contributed by atoms with Gasteiger partial charge in [0.1, 0.15) is 0 Å². The van der Waals surface area contributed by atoms with Gasteiger partial charge in [0.15, 0.2) is 0 Å². The van der Waals surface area contributed by atoms with E-state index in [9.17, 15) is 4.79 Å². The summed E-state index contributed by atoms with van der Waals surface area (Å²) in [7, 11) is 0. The molecule has 0 spiro atoms. The summed E-state index contributed by atoms with van der Waals surface area (Å²) in [5.41, 5.74) is 6.28. The van der Waals surface area contributed by atoms with E-state index in [0.29, 0.717) is 0 Å². The van der Waals surface area contributed by atoms with Gasteiger partial charge in [0, 0.05) is 44.5 Å². The molecule has 8 heteroatoms. The van der Waals surface area contributed by atoms with Crippen molar-refractivity contribution in [3.8, 4) is 0 Å². The molecule has 146 valence electrons. The predicted octanol–water partition coefficient (Wildman–Crippen LogP) is 2.32. The third-order valence-electron chi connectivity index (χ3n) is 3.99. The Labute approximate surface area is 169 Å². The minimum Gasteiger partial charge on any atom is -0.369 e. The van der Waals surface area contributed by atoms with Gasteiger partial charge in [-0.25, -0.2) is 0 Å². The smallest absolute Gasteiger partial charge is 0.239 e. The van der Waals surface area contributed by atoms with E-state index in [1.165, 1.54) is 5.69 Å². The van der Waals surface area contributed by atoms with Crippen molar-refractivity contribution in [2.75, 3.05) is 37.6 Å². The van der Waals surface area contributed by atoms with Crippen LogP contribution in [0.1, 0.15) is 20.8 Å². The molecule has 1 heterocycles. The van der Waals surface area contributed by atoms with E-state index in [2.05, 4.69) is 39.4 Å². The number of carbonyl (C=O) groups excluding carboxylic acids is 1. The van der Waals surface area contributed by atoms with E-state index < -0.39 is 5.54 Å². The van der Waals surface area contributed by atoms with Crippen molar-refractivity contribution in [3.63, 3.8) is 0 Å². The molecule has 1 aromatic rings. The highest BCUT2D eigenvalue weighted by Crippen LogP contribution is 2.15. The molecule has 0 bridgehead atoms. The van der Waals surface area contributed by atoms with Crippen LogP contribution < -0.4 is 16.0 Å². The number of amides is 1. The van der Waals surface area contributed by atoms with Gasteiger partial charge in [0.25, 0.3) is 0 Å². The maximum atomic E-state index is 11.9. The third kappa shape index (κ3) is 8.47. The Kier molecular flexibility index (Phi) is 12.5. The summed E-state index contributed by atoms with van der Waals surface area (Å²) in [5, 5.41) is 2.99. The maximum absolute atomic E-state index is 11.9. The Bertz CT molecular complexity index is 488. The van der Waals surface area contributed by atoms with Crippen LogP contribution in [-0.2, 0) is 4.79 Å². The first kappa shape index (κ1) is 26.5. The fourth-order valence-electron chi connectivity index (χ4n) is 2.67. The van der Waals surface area contributed by atoms with E-state index in [-0.39, 0.29) is 49.2 Å². The normalized spacial score (nSPS) is 15.9. The van der Waals surface area contributed by atoms with Crippen LogP contribution in [0.4, 0.5) is 5.69 Å². The molecule has 0 aliphatic carbocycles. The summed E-state index contributed by atoms with van der Waals surface area (Å²) >= 11 is 0. The Hall–Kier alpha value is -0.720. The average Bonchev–Trinajstić information content (AvgIpc) is 2.48. The quantitative estimate of drug-likeness (QED) is 0.777. The summed E-state index contributed by atoms with van der Waals surface area (Å²) in [4.78, 5) is 16.7. The van der Waals surface area contributed by atoms with Crippen molar-refractivity contribution in [1.29, 1.82) is 0 Å². The Morgan fingerprint density at radius 1 is 1.12 bits per heavy atom. The monoisotopic (exact) mass is 412 g/mol.